The molecule has 0 fully saturated rings. The Hall–Kier alpha value is -2.34. The Morgan fingerprint density at radius 3 is 2.38 bits per heavy atom. The molecular formula is C15H15NO4S. The summed E-state index contributed by atoms with van der Waals surface area (Å²) in [5, 5.41) is 23.4. The molecule has 0 saturated heterocycles. The summed E-state index contributed by atoms with van der Waals surface area (Å²) < 4.78 is 5.42. The summed E-state index contributed by atoms with van der Waals surface area (Å²) in [7, 11) is 0. The van der Waals surface area contributed by atoms with Gasteiger partial charge in [-0.05, 0) is 49.6 Å². The van der Waals surface area contributed by atoms with Crippen molar-refractivity contribution in [1.82, 2.24) is 0 Å². The van der Waals surface area contributed by atoms with Crippen molar-refractivity contribution >= 4 is 23.0 Å². The van der Waals surface area contributed by atoms with Crippen molar-refractivity contribution in [3.63, 3.8) is 0 Å². The minimum absolute atomic E-state index is 0.439. The predicted molar refractivity (Wildman–Crippen MR) is 80.5 cm³/mol. The number of carboxylic acids is 1. The standard InChI is InChI=1S/C15H15NO4S/c1-15(2,14(17)18)20-11-7-5-10(6-8-11)13(16-19)12-4-3-9-21-12/h3-9,19H,1-2H3,(H,17,18). The molecule has 2 aromatic rings. The normalized spacial score (nSPS) is 12.2. The first-order chi connectivity index (χ1) is 9.94. The highest BCUT2D eigenvalue weighted by molar-refractivity contribution is 7.12. The van der Waals surface area contributed by atoms with Gasteiger partial charge in [0.2, 0.25) is 0 Å². The van der Waals surface area contributed by atoms with Crippen molar-refractivity contribution in [3.05, 3.63) is 52.2 Å². The molecule has 1 aromatic heterocycles. The number of hydrogen-bond donors (Lipinski definition) is 2. The average molecular weight is 305 g/mol. The molecule has 21 heavy (non-hydrogen) atoms. The number of benzene rings is 1. The van der Waals surface area contributed by atoms with Crippen molar-refractivity contribution in [1.29, 1.82) is 0 Å². The Morgan fingerprint density at radius 2 is 1.90 bits per heavy atom. The highest BCUT2D eigenvalue weighted by Gasteiger charge is 2.29. The number of rotatable bonds is 5. The van der Waals surface area contributed by atoms with E-state index in [1.165, 1.54) is 25.2 Å². The molecule has 0 spiro atoms. The van der Waals surface area contributed by atoms with Gasteiger partial charge in [-0.15, -0.1) is 11.3 Å². The molecule has 0 unspecified atom stereocenters. The van der Waals surface area contributed by atoms with Crippen LogP contribution in [0.15, 0.2) is 46.9 Å². The summed E-state index contributed by atoms with van der Waals surface area (Å²) in [5.41, 5.74) is -0.113. The second-order valence-electron chi connectivity index (χ2n) is 4.87. The molecule has 0 radical (unpaired) electrons. The largest absolute Gasteiger partial charge is 0.478 e. The van der Waals surface area contributed by atoms with Crippen LogP contribution in [0.5, 0.6) is 5.75 Å². The van der Waals surface area contributed by atoms with Crippen LogP contribution in [0.1, 0.15) is 24.3 Å². The summed E-state index contributed by atoms with van der Waals surface area (Å²) in [4.78, 5) is 11.9. The molecule has 0 atom stereocenters. The van der Waals surface area contributed by atoms with E-state index in [4.69, 9.17) is 15.1 Å². The number of oxime groups is 1. The third-order valence-electron chi connectivity index (χ3n) is 2.87. The number of carbonyl (C=O) groups is 1. The minimum atomic E-state index is -1.30. The Balaban J connectivity index is 2.21. The van der Waals surface area contributed by atoms with Gasteiger partial charge in [-0.3, -0.25) is 0 Å². The summed E-state index contributed by atoms with van der Waals surface area (Å²) in [6.45, 7) is 2.96. The van der Waals surface area contributed by atoms with E-state index in [0.29, 0.717) is 11.5 Å². The molecule has 1 aromatic carbocycles. The van der Waals surface area contributed by atoms with E-state index in [-0.39, 0.29) is 0 Å². The molecule has 0 saturated carbocycles. The van der Waals surface area contributed by atoms with Crippen LogP contribution in [0, 0.1) is 0 Å². The molecule has 0 bridgehead atoms. The molecule has 5 nitrogen and oxygen atoms in total. The smallest absolute Gasteiger partial charge is 0.347 e. The predicted octanol–water partition coefficient (Wildman–Crippen LogP) is 3.22. The average Bonchev–Trinajstić information content (AvgIpc) is 2.95. The van der Waals surface area contributed by atoms with Crippen molar-refractivity contribution in [2.45, 2.75) is 19.4 Å². The fourth-order valence-corrected chi connectivity index (χ4v) is 2.41. The Labute approximate surface area is 126 Å². The zero-order valence-corrected chi connectivity index (χ0v) is 12.4. The number of thiophene rings is 1. The first-order valence-corrected chi connectivity index (χ1v) is 7.11. The highest BCUT2D eigenvalue weighted by Crippen LogP contribution is 2.22. The van der Waals surface area contributed by atoms with Gasteiger partial charge >= 0.3 is 5.97 Å². The Bertz CT molecular complexity index is 645. The molecule has 2 rings (SSSR count). The van der Waals surface area contributed by atoms with Crippen molar-refractivity contribution in [2.24, 2.45) is 5.16 Å². The lowest BCUT2D eigenvalue weighted by Gasteiger charge is -2.21. The van der Waals surface area contributed by atoms with Crippen LogP contribution in [0.3, 0.4) is 0 Å². The molecule has 0 amide bonds. The van der Waals surface area contributed by atoms with Gasteiger partial charge in [0.15, 0.2) is 5.60 Å². The van der Waals surface area contributed by atoms with Gasteiger partial charge in [-0.25, -0.2) is 4.79 Å². The molecule has 110 valence electrons. The van der Waals surface area contributed by atoms with Crippen LogP contribution in [-0.2, 0) is 4.79 Å². The first-order valence-electron chi connectivity index (χ1n) is 6.23. The zero-order valence-electron chi connectivity index (χ0n) is 11.6. The molecule has 6 heteroatoms. The molecule has 0 aliphatic rings. The van der Waals surface area contributed by atoms with Gasteiger partial charge in [0.1, 0.15) is 11.5 Å². The molecule has 0 aliphatic carbocycles. The number of hydrogen-bond acceptors (Lipinski definition) is 5. The Morgan fingerprint density at radius 1 is 1.24 bits per heavy atom. The first kappa shape index (κ1) is 15.1. The van der Waals surface area contributed by atoms with Crippen LogP contribution in [0.2, 0.25) is 0 Å². The van der Waals surface area contributed by atoms with Gasteiger partial charge in [0.25, 0.3) is 0 Å². The van der Waals surface area contributed by atoms with Crippen molar-refractivity contribution in [2.75, 3.05) is 0 Å². The van der Waals surface area contributed by atoms with Gasteiger partial charge in [0, 0.05) is 5.56 Å². The van der Waals surface area contributed by atoms with E-state index in [9.17, 15) is 4.79 Å². The zero-order chi connectivity index (χ0) is 15.5. The summed E-state index contributed by atoms with van der Waals surface area (Å²) >= 11 is 1.47. The summed E-state index contributed by atoms with van der Waals surface area (Å²) in [6, 6.07) is 10.5. The topological polar surface area (TPSA) is 79.1 Å². The summed E-state index contributed by atoms with van der Waals surface area (Å²) in [6.07, 6.45) is 0. The quantitative estimate of drug-likeness (QED) is 0.505. The van der Waals surface area contributed by atoms with E-state index >= 15 is 0 Å². The maximum atomic E-state index is 11.0. The molecule has 2 N–H and O–H groups in total. The maximum absolute atomic E-state index is 11.0. The van der Waals surface area contributed by atoms with Gasteiger partial charge in [-0.2, -0.15) is 0 Å². The fraction of sp³-hybridized carbons (Fsp3) is 0.200. The van der Waals surface area contributed by atoms with Gasteiger partial charge < -0.3 is 15.1 Å². The number of nitrogens with zero attached hydrogens (tertiary/aromatic N) is 1. The molecular weight excluding hydrogens is 290 g/mol. The van der Waals surface area contributed by atoms with Crippen LogP contribution in [0.25, 0.3) is 0 Å². The SMILES string of the molecule is CC(C)(Oc1ccc(C(=NO)c2cccs2)cc1)C(=O)O. The van der Waals surface area contributed by atoms with Gasteiger partial charge in [-0.1, -0.05) is 11.2 Å². The third kappa shape index (κ3) is 3.41. The van der Waals surface area contributed by atoms with E-state index in [0.717, 1.165) is 10.4 Å². The van der Waals surface area contributed by atoms with Crippen LogP contribution in [0.4, 0.5) is 0 Å². The second kappa shape index (κ2) is 5.97. The van der Waals surface area contributed by atoms with Crippen molar-refractivity contribution < 1.29 is 19.8 Å². The lowest BCUT2D eigenvalue weighted by Crippen LogP contribution is -2.37. The number of carboxylic acid groups (broad SMARTS) is 1. The Kier molecular flexibility index (Phi) is 4.28. The van der Waals surface area contributed by atoms with Gasteiger partial charge in [0.05, 0.1) is 4.88 Å². The van der Waals surface area contributed by atoms with Crippen LogP contribution >= 0.6 is 11.3 Å². The number of ether oxygens (including phenoxy) is 1. The van der Waals surface area contributed by atoms with Crippen LogP contribution < -0.4 is 4.74 Å². The molecule has 1 heterocycles. The van der Waals surface area contributed by atoms with E-state index in [2.05, 4.69) is 5.16 Å². The number of aliphatic carboxylic acids is 1. The second-order valence-corrected chi connectivity index (χ2v) is 5.82. The fourth-order valence-electron chi connectivity index (χ4n) is 1.68. The maximum Gasteiger partial charge on any atom is 0.347 e. The molecule has 0 aliphatic heterocycles. The highest BCUT2D eigenvalue weighted by atomic mass is 32.1. The minimum Gasteiger partial charge on any atom is -0.478 e. The van der Waals surface area contributed by atoms with E-state index in [1.54, 1.807) is 24.3 Å². The van der Waals surface area contributed by atoms with Crippen molar-refractivity contribution in [3.8, 4) is 5.75 Å². The lowest BCUT2D eigenvalue weighted by atomic mass is 10.1. The van der Waals surface area contributed by atoms with E-state index in [1.807, 2.05) is 17.5 Å². The lowest BCUT2D eigenvalue weighted by molar-refractivity contribution is -0.152. The monoisotopic (exact) mass is 305 g/mol. The summed E-state index contributed by atoms with van der Waals surface area (Å²) in [5.74, 6) is -0.600. The van der Waals surface area contributed by atoms with E-state index < -0.39 is 11.6 Å². The third-order valence-corrected chi connectivity index (χ3v) is 3.75. The van der Waals surface area contributed by atoms with Crippen LogP contribution in [-0.4, -0.2) is 27.6 Å².